The van der Waals surface area contributed by atoms with Crippen LogP contribution in [-0.4, -0.2) is 55.7 Å². The quantitative estimate of drug-likeness (QED) is 0.0270. The molecule has 4 rings (SSSR count). The first-order valence-corrected chi connectivity index (χ1v) is 17.4. The SMILES string of the molecule is C=CC(=O)OCCSc1ccc(C#Cc2ccc(C(=O)Oc3ccc(C#Cc4ccc(SCCOC(=O)C=C)cc4)cc3C(=O)OC)cc2)cc1. The minimum atomic E-state index is -0.673. The van der Waals surface area contributed by atoms with Gasteiger partial charge >= 0.3 is 23.9 Å². The highest BCUT2D eigenvalue weighted by atomic mass is 32.2. The van der Waals surface area contributed by atoms with Crippen molar-refractivity contribution in [3.8, 4) is 29.4 Å². The van der Waals surface area contributed by atoms with Crippen LogP contribution in [0.1, 0.15) is 43.0 Å². The van der Waals surface area contributed by atoms with Crippen LogP contribution in [0.2, 0.25) is 0 Å². The number of benzene rings is 4. The van der Waals surface area contributed by atoms with E-state index in [1.807, 2.05) is 48.5 Å². The highest BCUT2D eigenvalue weighted by Gasteiger charge is 2.18. The highest BCUT2D eigenvalue weighted by Crippen LogP contribution is 2.23. The number of ether oxygens (including phenoxy) is 4. The molecular weight excluding hydrogens is 685 g/mol. The fourth-order valence-corrected chi connectivity index (χ4v) is 5.56. The Morgan fingerprint density at radius 1 is 0.608 bits per heavy atom. The van der Waals surface area contributed by atoms with Crippen LogP contribution in [0.15, 0.2) is 126 Å². The summed E-state index contributed by atoms with van der Waals surface area (Å²) in [6, 6.07) is 26.6. The number of thioether (sulfide) groups is 2. The second-order valence-electron chi connectivity index (χ2n) is 10.2. The van der Waals surface area contributed by atoms with Gasteiger partial charge in [0.1, 0.15) is 24.5 Å². The Morgan fingerprint density at radius 3 is 1.49 bits per heavy atom. The van der Waals surface area contributed by atoms with Crippen LogP contribution in [0, 0.1) is 23.7 Å². The molecule has 0 spiro atoms. The van der Waals surface area contributed by atoms with Crippen LogP contribution in [0.3, 0.4) is 0 Å². The molecule has 4 aromatic rings. The van der Waals surface area contributed by atoms with Gasteiger partial charge in [-0.3, -0.25) is 0 Å². The van der Waals surface area contributed by atoms with Crippen molar-refractivity contribution >= 4 is 47.4 Å². The Bertz CT molecular complexity index is 2010. The molecule has 0 aliphatic heterocycles. The van der Waals surface area contributed by atoms with E-state index >= 15 is 0 Å². The van der Waals surface area contributed by atoms with E-state index in [4.69, 9.17) is 18.9 Å². The van der Waals surface area contributed by atoms with Crippen molar-refractivity contribution in [3.63, 3.8) is 0 Å². The van der Waals surface area contributed by atoms with Crippen molar-refractivity contribution in [2.75, 3.05) is 31.8 Å². The van der Waals surface area contributed by atoms with Gasteiger partial charge in [-0.2, -0.15) is 0 Å². The van der Waals surface area contributed by atoms with Crippen molar-refractivity contribution in [1.29, 1.82) is 0 Å². The number of methoxy groups -OCH3 is 1. The number of hydrogen-bond donors (Lipinski definition) is 0. The number of carbonyl (C=O) groups is 4. The summed E-state index contributed by atoms with van der Waals surface area (Å²) in [6.45, 7) is 7.32. The third-order valence-electron chi connectivity index (χ3n) is 6.65. The van der Waals surface area contributed by atoms with Gasteiger partial charge in [0.15, 0.2) is 0 Å². The predicted octanol–water partition coefficient (Wildman–Crippen LogP) is 7.13. The lowest BCUT2D eigenvalue weighted by Crippen LogP contribution is -2.12. The van der Waals surface area contributed by atoms with E-state index in [0.29, 0.717) is 29.2 Å². The van der Waals surface area contributed by atoms with Crippen LogP contribution in [0.5, 0.6) is 5.75 Å². The fourth-order valence-electron chi connectivity index (χ4n) is 4.09. The van der Waals surface area contributed by atoms with E-state index < -0.39 is 23.9 Å². The lowest BCUT2D eigenvalue weighted by Gasteiger charge is -2.09. The van der Waals surface area contributed by atoms with Gasteiger partial charge in [-0.05, 0) is 91.0 Å². The summed E-state index contributed by atoms with van der Waals surface area (Å²) in [7, 11) is 1.24. The standard InChI is InChI=1S/C41H32O8S2/c1-4-38(42)47-24-26-50-34-19-12-30(13-20-34)7-6-29-10-17-33(18-11-29)40(44)49-37-23-16-32(28-36(37)41(45)46-3)9-8-31-14-21-35(22-15-31)51-27-25-48-39(43)5-2/h4-5,10-23,28H,1-2,24-27H2,3H3. The molecule has 0 fully saturated rings. The second kappa shape index (κ2) is 19.9. The summed E-state index contributed by atoms with van der Waals surface area (Å²) in [5.41, 5.74) is 3.14. The summed E-state index contributed by atoms with van der Waals surface area (Å²) >= 11 is 3.11. The van der Waals surface area contributed by atoms with Gasteiger partial charge in [0.25, 0.3) is 0 Å². The lowest BCUT2D eigenvalue weighted by molar-refractivity contribution is -0.138. The Balaban J connectivity index is 1.34. The van der Waals surface area contributed by atoms with E-state index in [-0.39, 0.29) is 23.5 Å². The van der Waals surface area contributed by atoms with Crippen molar-refractivity contribution in [2.45, 2.75) is 9.79 Å². The zero-order valence-corrected chi connectivity index (χ0v) is 29.3. The molecule has 0 radical (unpaired) electrons. The van der Waals surface area contributed by atoms with Crippen LogP contribution < -0.4 is 4.74 Å². The summed E-state index contributed by atoms with van der Waals surface area (Å²) in [6.07, 6.45) is 2.27. The minimum Gasteiger partial charge on any atom is -0.465 e. The molecule has 0 saturated heterocycles. The van der Waals surface area contributed by atoms with E-state index in [1.54, 1.807) is 53.9 Å². The average Bonchev–Trinajstić information content (AvgIpc) is 3.17. The molecule has 0 aliphatic rings. The predicted molar refractivity (Wildman–Crippen MR) is 198 cm³/mol. The van der Waals surface area contributed by atoms with E-state index in [0.717, 1.165) is 33.1 Å². The average molecular weight is 717 g/mol. The number of hydrogen-bond acceptors (Lipinski definition) is 10. The molecule has 0 heterocycles. The summed E-state index contributed by atoms with van der Waals surface area (Å²) < 4.78 is 20.5. The van der Waals surface area contributed by atoms with Crippen LogP contribution in [0.4, 0.5) is 0 Å². The van der Waals surface area contributed by atoms with Crippen LogP contribution in [-0.2, 0) is 23.8 Å². The smallest absolute Gasteiger partial charge is 0.343 e. The van der Waals surface area contributed by atoms with Gasteiger partial charge in [0.2, 0.25) is 0 Å². The van der Waals surface area contributed by atoms with Crippen LogP contribution >= 0.6 is 23.5 Å². The van der Waals surface area contributed by atoms with Gasteiger partial charge < -0.3 is 18.9 Å². The number of rotatable bonds is 13. The first kappa shape index (κ1) is 37.9. The molecule has 10 heteroatoms. The fraction of sp³-hybridized carbons (Fsp3) is 0.122. The molecule has 8 nitrogen and oxygen atoms in total. The van der Waals surface area contributed by atoms with E-state index in [2.05, 4.69) is 36.8 Å². The summed E-state index contributed by atoms with van der Waals surface area (Å²) in [5, 5.41) is 0. The van der Waals surface area contributed by atoms with Crippen molar-refractivity contribution in [3.05, 3.63) is 150 Å². The molecule has 0 N–H and O–H groups in total. The Hall–Kier alpha value is -5.94. The summed E-state index contributed by atoms with van der Waals surface area (Å²) in [5.74, 6) is 11.3. The maximum atomic E-state index is 13.0. The molecule has 0 aliphatic carbocycles. The van der Waals surface area contributed by atoms with Crippen molar-refractivity contribution < 1.29 is 38.1 Å². The molecule has 0 amide bonds. The van der Waals surface area contributed by atoms with Crippen molar-refractivity contribution in [1.82, 2.24) is 0 Å². The highest BCUT2D eigenvalue weighted by molar-refractivity contribution is 7.99. The molecule has 4 aromatic carbocycles. The van der Waals surface area contributed by atoms with E-state index in [1.165, 1.54) is 19.2 Å². The Kier molecular flexibility index (Phi) is 14.8. The molecule has 256 valence electrons. The first-order chi connectivity index (χ1) is 24.8. The zero-order chi connectivity index (χ0) is 36.4. The molecule has 0 bridgehead atoms. The maximum Gasteiger partial charge on any atom is 0.343 e. The largest absolute Gasteiger partial charge is 0.465 e. The number of carbonyl (C=O) groups excluding carboxylic acids is 4. The van der Waals surface area contributed by atoms with Crippen molar-refractivity contribution in [2.24, 2.45) is 0 Å². The van der Waals surface area contributed by atoms with Gasteiger partial charge in [-0.15, -0.1) is 23.5 Å². The number of esters is 4. The van der Waals surface area contributed by atoms with Gasteiger partial charge in [-0.1, -0.05) is 36.8 Å². The van der Waals surface area contributed by atoms with Gasteiger partial charge in [-0.25, -0.2) is 19.2 Å². The zero-order valence-electron chi connectivity index (χ0n) is 27.6. The minimum absolute atomic E-state index is 0.0424. The van der Waals surface area contributed by atoms with Gasteiger partial charge in [0.05, 0.1) is 12.7 Å². The Morgan fingerprint density at radius 2 is 1.04 bits per heavy atom. The maximum absolute atomic E-state index is 13.0. The molecule has 0 saturated carbocycles. The first-order valence-electron chi connectivity index (χ1n) is 15.4. The molecular formula is C41H32O8S2. The van der Waals surface area contributed by atoms with E-state index in [9.17, 15) is 19.2 Å². The normalized spacial score (nSPS) is 9.90. The third kappa shape index (κ3) is 12.5. The lowest BCUT2D eigenvalue weighted by atomic mass is 10.1. The third-order valence-corrected chi connectivity index (χ3v) is 8.60. The molecule has 0 aromatic heterocycles. The Labute approximate surface area is 305 Å². The topological polar surface area (TPSA) is 105 Å². The molecule has 51 heavy (non-hydrogen) atoms. The molecule has 0 atom stereocenters. The van der Waals surface area contributed by atoms with Gasteiger partial charge in [0, 0.05) is 55.7 Å². The summed E-state index contributed by atoms with van der Waals surface area (Å²) in [4.78, 5) is 49.9. The molecule has 0 unspecified atom stereocenters. The monoisotopic (exact) mass is 716 g/mol. The second-order valence-corrected chi connectivity index (χ2v) is 12.5. The van der Waals surface area contributed by atoms with Crippen LogP contribution in [0.25, 0.3) is 0 Å².